The molecule has 0 aliphatic heterocycles. The summed E-state index contributed by atoms with van der Waals surface area (Å²) in [5, 5.41) is 0. The maximum absolute atomic E-state index is 12.3. The minimum atomic E-state index is -1.15. The molecular formula is C15H22BrNO2S. The zero-order chi connectivity index (χ0) is 15.3. The van der Waals surface area contributed by atoms with Crippen molar-refractivity contribution < 1.29 is 8.95 Å². The normalized spacial score (nSPS) is 14.7. The molecule has 1 aromatic carbocycles. The maximum atomic E-state index is 12.3. The van der Waals surface area contributed by atoms with Gasteiger partial charge in [0.1, 0.15) is 5.75 Å². The highest BCUT2D eigenvalue weighted by Crippen LogP contribution is 2.30. The number of ether oxygens (including phenoxy) is 1. The van der Waals surface area contributed by atoms with Gasteiger partial charge in [0, 0.05) is 10.5 Å². The third-order valence-corrected chi connectivity index (χ3v) is 5.12. The summed E-state index contributed by atoms with van der Waals surface area (Å²) in [4.78, 5) is 0. The van der Waals surface area contributed by atoms with Gasteiger partial charge in [-0.3, -0.25) is 0 Å². The Morgan fingerprint density at radius 1 is 1.50 bits per heavy atom. The van der Waals surface area contributed by atoms with Gasteiger partial charge in [-0.2, -0.15) is 0 Å². The van der Waals surface area contributed by atoms with Crippen LogP contribution in [0.25, 0.3) is 0 Å². The van der Waals surface area contributed by atoms with Crippen molar-refractivity contribution >= 4 is 26.9 Å². The highest BCUT2D eigenvalue weighted by Gasteiger charge is 2.24. The summed E-state index contributed by atoms with van der Waals surface area (Å²) in [5.74, 6) is 0.778. The summed E-state index contributed by atoms with van der Waals surface area (Å²) in [6.45, 7) is 9.62. The first-order valence-corrected chi connectivity index (χ1v) is 8.36. The molecule has 0 saturated heterocycles. The van der Waals surface area contributed by atoms with E-state index < -0.39 is 11.0 Å². The lowest BCUT2D eigenvalue weighted by Crippen LogP contribution is -2.35. The Morgan fingerprint density at radius 2 is 2.15 bits per heavy atom. The first-order chi connectivity index (χ1) is 9.29. The standard InChI is InChI=1S/C15H22BrNO2S/c1-6-7-14(17-20(18)15(2,3)4)12-10-11(19-5)8-9-13(12)16/h6,8-10,14,17H,1,7H2,2-5H3/t14-,20+/m1/s1. The third kappa shape index (κ3) is 4.72. The molecule has 0 spiro atoms. The molecule has 0 bridgehead atoms. The first-order valence-electron chi connectivity index (χ1n) is 6.42. The van der Waals surface area contributed by atoms with Gasteiger partial charge in [-0.05, 0) is 51.0 Å². The Kier molecular flexibility index (Phi) is 6.43. The summed E-state index contributed by atoms with van der Waals surface area (Å²) in [7, 11) is 0.490. The molecule has 112 valence electrons. The number of hydrogen-bond donors (Lipinski definition) is 1. The van der Waals surface area contributed by atoms with Crippen LogP contribution in [0.3, 0.4) is 0 Å². The van der Waals surface area contributed by atoms with E-state index in [2.05, 4.69) is 27.2 Å². The summed E-state index contributed by atoms with van der Waals surface area (Å²) >= 11 is 3.54. The average molecular weight is 360 g/mol. The number of rotatable bonds is 6. The zero-order valence-electron chi connectivity index (χ0n) is 12.4. The molecule has 3 nitrogen and oxygen atoms in total. The van der Waals surface area contributed by atoms with Crippen molar-refractivity contribution in [3.63, 3.8) is 0 Å². The van der Waals surface area contributed by atoms with Crippen molar-refractivity contribution in [1.82, 2.24) is 4.72 Å². The van der Waals surface area contributed by atoms with Gasteiger partial charge in [0.15, 0.2) is 0 Å². The van der Waals surface area contributed by atoms with E-state index in [9.17, 15) is 4.21 Å². The topological polar surface area (TPSA) is 38.3 Å². The van der Waals surface area contributed by atoms with Crippen LogP contribution >= 0.6 is 15.9 Å². The van der Waals surface area contributed by atoms with Crippen LogP contribution in [0.4, 0.5) is 0 Å². The van der Waals surface area contributed by atoms with E-state index in [1.807, 2.05) is 45.0 Å². The van der Waals surface area contributed by atoms with Crippen LogP contribution in [-0.2, 0) is 11.0 Å². The van der Waals surface area contributed by atoms with Crippen molar-refractivity contribution in [3.05, 3.63) is 40.9 Å². The lowest BCUT2D eigenvalue weighted by molar-refractivity contribution is 0.413. The van der Waals surface area contributed by atoms with Crippen LogP contribution < -0.4 is 9.46 Å². The zero-order valence-corrected chi connectivity index (χ0v) is 14.8. The Labute approximate surface area is 132 Å². The molecule has 2 atom stereocenters. The fourth-order valence-electron chi connectivity index (χ4n) is 1.63. The Morgan fingerprint density at radius 3 is 2.65 bits per heavy atom. The van der Waals surface area contributed by atoms with Crippen LogP contribution in [-0.4, -0.2) is 16.1 Å². The largest absolute Gasteiger partial charge is 0.497 e. The summed E-state index contributed by atoms with van der Waals surface area (Å²) < 4.78 is 21.4. The first kappa shape index (κ1) is 17.4. The molecule has 0 radical (unpaired) electrons. The highest BCUT2D eigenvalue weighted by molar-refractivity contribution is 9.10. The number of methoxy groups -OCH3 is 1. The van der Waals surface area contributed by atoms with E-state index in [1.54, 1.807) is 7.11 Å². The van der Waals surface area contributed by atoms with Crippen LogP contribution in [0.1, 0.15) is 38.8 Å². The Balaban J connectivity index is 3.07. The van der Waals surface area contributed by atoms with Crippen molar-refractivity contribution in [2.24, 2.45) is 0 Å². The molecule has 0 heterocycles. The van der Waals surface area contributed by atoms with Crippen LogP contribution in [0.15, 0.2) is 35.3 Å². The highest BCUT2D eigenvalue weighted by atomic mass is 79.9. The van der Waals surface area contributed by atoms with Crippen LogP contribution in [0.2, 0.25) is 0 Å². The van der Waals surface area contributed by atoms with Crippen molar-refractivity contribution in [2.75, 3.05) is 7.11 Å². The smallest absolute Gasteiger partial charge is 0.119 e. The number of nitrogens with one attached hydrogen (secondary N) is 1. The molecule has 0 saturated carbocycles. The second-order valence-electron chi connectivity index (χ2n) is 5.46. The predicted octanol–water partition coefficient (Wildman–Crippen LogP) is 4.13. The van der Waals surface area contributed by atoms with Gasteiger partial charge in [0.25, 0.3) is 0 Å². The van der Waals surface area contributed by atoms with Crippen LogP contribution in [0.5, 0.6) is 5.75 Å². The summed E-state index contributed by atoms with van der Waals surface area (Å²) in [6.07, 6.45) is 2.51. The molecule has 5 heteroatoms. The van der Waals surface area contributed by atoms with E-state index in [1.165, 1.54) is 0 Å². The molecule has 20 heavy (non-hydrogen) atoms. The van der Waals surface area contributed by atoms with E-state index in [0.29, 0.717) is 6.42 Å². The van der Waals surface area contributed by atoms with E-state index >= 15 is 0 Å². The summed E-state index contributed by atoms with van der Waals surface area (Å²) in [5.41, 5.74) is 1.02. The lowest BCUT2D eigenvalue weighted by Gasteiger charge is -2.24. The van der Waals surface area contributed by atoms with Gasteiger partial charge in [-0.1, -0.05) is 22.0 Å². The van der Waals surface area contributed by atoms with Gasteiger partial charge in [-0.15, -0.1) is 6.58 Å². The van der Waals surface area contributed by atoms with Crippen molar-refractivity contribution in [1.29, 1.82) is 0 Å². The molecule has 0 amide bonds. The molecule has 0 unspecified atom stereocenters. The number of hydrogen-bond acceptors (Lipinski definition) is 2. The Hall–Kier alpha value is -0.650. The molecule has 0 aliphatic carbocycles. The predicted molar refractivity (Wildman–Crippen MR) is 89.3 cm³/mol. The molecule has 0 fully saturated rings. The van der Waals surface area contributed by atoms with Gasteiger partial charge in [0.2, 0.25) is 0 Å². The number of benzene rings is 1. The molecule has 1 aromatic rings. The minimum Gasteiger partial charge on any atom is -0.497 e. The number of halogens is 1. The average Bonchev–Trinajstić information content (AvgIpc) is 2.37. The lowest BCUT2D eigenvalue weighted by atomic mass is 10.0. The fraction of sp³-hybridized carbons (Fsp3) is 0.467. The van der Waals surface area contributed by atoms with Gasteiger partial charge >= 0.3 is 0 Å². The SMILES string of the molecule is C=CC[C@@H](N[S@@](=O)C(C)(C)C)c1cc(OC)ccc1Br. The van der Waals surface area contributed by atoms with Crippen molar-refractivity contribution in [2.45, 2.75) is 38.0 Å². The maximum Gasteiger partial charge on any atom is 0.119 e. The third-order valence-electron chi connectivity index (χ3n) is 2.79. The van der Waals surface area contributed by atoms with E-state index in [4.69, 9.17) is 4.74 Å². The summed E-state index contributed by atoms with van der Waals surface area (Å²) in [6, 6.07) is 5.70. The van der Waals surface area contributed by atoms with Gasteiger partial charge in [-0.25, -0.2) is 8.93 Å². The monoisotopic (exact) mass is 359 g/mol. The second kappa shape index (κ2) is 7.38. The molecule has 1 N–H and O–H groups in total. The molecule has 0 aliphatic rings. The molecular weight excluding hydrogens is 338 g/mol. The second-order valence-corrected chi connectivity index (χ2v) is 8.32. The van der Waals surface area contributed by atoms with Crippen molar-refractivity contribution in [3.8, 4) is 5.75 Å². The molecule has 0 aromatic heterocycles. The van der Waals surface area contributed by atoms with Gasteiger partial charge < -0.3 is 4.74 Å². The molecule has 1 rings (SSSR count). The fourth-order valence-corrected chi connectivity index (χ4v) is 2.99. The van der Waals surface area contributed by atoms with E-state index in [0.717, 1.165) is 15.8 Å². The Bertz CT molecular complexity index is 497. The van der Waals surface area contributed by atoms with Gasteiger partial charge in [0.05, 0.1) is 22.8 Å². The van der Waals surface area contributed by atoms with Crippen LogP contribution in [0, 0.1) is 0 Å². The quantitative estimate of drug-likeness (QED) is 0.775. The minimum absolute atomic E-state index is 0.0722. The van der Waals surface area contributed by atoms with E-state index in [-0.39, 0.29) is 10.8 Å².